The maximum Gasteiger partial charge on any atom is 0.306 e. The maximum atomic E-state index is 13.0. The molecule has 0 radical (unpaired) electrons. The minimum atomic E-state index is -0.781. The van der Waals surface area contributed by atoms with Gasteiger partial charge in [0.25, 0.3) is 0 Å². The summed E-state index contributed by atoms with van der Waals surface area (Å²) in [6.07, 6.45) is 88.1. The van der Waals surface area contributed by atoms with Gasteiger partial charge in [-0.1, -0.05) is 326 Å². The van der Waals surface area contributed by atoms with Crippen LogP contribution in [0.25, 0.3) is 0 Å². The largest absolute Gasteiger partial charge is 0.462 e. The Kier molecular flexibility index (Phi) is 66.1. The first-order chi connectivity index (χ1) is 39.5. The molecule has 0 aromatic heterocycles. The highest BCUT2D eigenvalue weighted by molar-refractivity contribution is 5.71. The van der Waals surface area contributed by atoms with Crippen LogP contribution in [0.3, 0.4) is 0 Å². The SMILES string of the molecule is CCCCCCC/C=C\C/C=C\C/C=C\CCCCCCCCC(=O)OC(COC(=O)CCCCCCCCCCCCCCC/C=C\C/C=C\CCCCCCC)COC(=O)CCCCCCCCCCCCCCCCCC. The summed E-state index contributed by atoms with van der Waals surface area (Å²) in [5, 5.41) is 0. The van der Waals surface area contributed by atoms with Crippen molar-refractivity contribution in [3.8, 4) is 0 Å². The van der Waals surface area contributed by atoms with E-state index < -0.39 is 6.10 Å². The molecule has 0 aliphatic heterocycles. The van der Waals surface area contributed by atoms with Crippen LogP contribution in [0.2, 0.25) is 0 Å². The zero-order chi connectivity index (χ0) is 57.8. The number of carbonyl (C=O) groups is 3. The van der Waals surface area contributed by atoms with E-state index in [0.29, 0.717) is 19.3 Å². The number of esters is 3. The van der Waals surface area contributed by atoms with Gasteiger partial charge in [-0.2, -0.15) is 0 Å². The van der Waals surface area contributed by atoms with Gasteiger partial charge in [0, 0.05) is 19.3 Å². The molecule has 0 aromatic rings. The Labute approximate surface area is 498 Å². The summed E-state index contributed by atoms with van der Waals surface area (Å²) in [6.45, 7) is 6.67. The Morgan fingerprint density at radius 1 is 0.250 bits per heavy atom. The second-order valence-corrected chi connectivity index (χ2v) is 23.8. The van der Waals surface area contributed by atoms with E-state index in [1.807, 2.05) is 0 Å². The van der Waals surface area contributed by atoms with E-state index in [9.17, 15) is 14.4 Å². The molecule has 1 atom stereocenters. The Hall–Kier alpha value is -2.89. The summed E-state index contributed by atoms with van der Waals surface area (Å²) in [5.74, 6) is -0.865. The summed E-state index contributed by atoms with van der Waals surface area (Å²) in [4.78, 5) is 38.5. The standard InChI is InChI=1S/C74H134O6/c1-4-7-10-13-16-19-22-25-28-31-33-35-36-37-38-40-41-43-46-49-52-55-58-61-64-67-73(76)79-70-71(69-78-72(75)66-63-60-57-54-51-48-45-30-27-24-21-18-15-12-9-6-3)80-74(77)68-65-62-59-56-53-50-47-44-42-39-34-32-29-26-23-20-17-14-11-8-5-2/h22-23,25-26,31-34,42,44,71H,4-21,24,27-30,35-41,43,45-70H2,1-3H3/b25-22-,26-23-,33-31-,34-32-,44-42-. The summed E-state index contributed by atoms with van der Waals surface area (Å²) in [6, 6.07) is 0. The lowest BCUT2D eigenvalue weighted by Crippen LogP contribution is -2.30. The minimum absolute atomic E-state index is 0.0757. The van der Waals surface area contributed by atoms with Crippen molar-refractivity contribution in [3.63, 3.8) is 0 Å². The molecule has 0 saturated carbocycles. The van der Waals surface area contributed by atoms with Crippen LogP contribution in [-0.2, 0) is 28.6 Å². The van der Waals surface area contributed by atoms with Crippen molar-refractivity contribution in [2.24, 2.45) is 0 Å². The minimum Gasteiger partial charge on any atom is -0.462 e. The molecule has 466 valence electrons. The van der Waals surface area contributed by atoms with Crippen LogP contribution in [0.5, 0.6) is 0 Å². The molecule has 1 unspecified atom stereocenters. The van der Waals surface area contributed by atoms with Crippen molar-refractivity contribution in [1.29, 1.82) is 0 Å². The molecule has 0 aromatic carbocycles. The van der Waals surface area contributed by atoms with Gasteiger partial charge in [0.1, 0.15) is 13.2 Å². The fourth-order valence-corrected chi connectivity index (χ4v) is 10.4. The summed E-state index contributed by atoms with van der Waals surface area (Å²) < 4.78 is 17.0. The molecule has 0 fully saturated rings. The highest BCUT2D eigenvalue weighted by Gasteiger charge is 2.19. The summed E-state index contributed by atoms with van der Waals surface area (Å²) in [5.41, 5.74) is 0. The van der Waals surface area contributed by atoms with Crippen molar-refractivity contribution >= 4 is 17.9 Å². The van der Waals surface area contributed by atoms with Crippen molar-refractivity contribution in [2.75, 3.05) is 13.2 Å². The number of unbranched alkanes of at least 4 members (excludes halogenated alkanes) is 44. The maximum absolute atomic E-state index is 13.0. The molecular weight excluding hydrogens is 985 g/mol. The Balaban J connectivity index is 4.33. The Morgan fingerprint density at radius 2 is 0.450 bits per heavy atom. The average Bonchev–Trinajstić information content (AvgIpc) is 3.46. The first-order valence-corrected chi connectivity index (χ1v) is 35.3. The monoisotopic (exact) mass is 1120 g/mol. The van der Waals surface area contributed by atoms with Crippen LogP contribution >= 0.6 is 0 Å². The van der Waals surface area contributed by atoms with Crippen molar-refractivity contribution < 1.29 is 28.6 Å². The molecule has 6 nitrogen and oxygen atoms in total. The van der Waals surface area contributed by atoms with Crippen LogP contribution in [0, 0.1) is 0 Å². The van der Waals surface area contributed by atoms with E-state index in [4.69, 9.17) is 14.2 Å². The molecular formula is C74H134O6. The first-order valence-electron chi connectivity index (χ1n) is 35.3. The van der Waals surface area contributed by atoms with Crippen LogP contribution in [0.4, 0.5) is 0 Å². The lowest BCUT2D eigenvalue weighted by Gasteiger charge is -2.18. The van der Waals surface area contributed by atoms with Crippen molar-refractivity contribution in [3.05, 3.63) is 60.8 Å². The number of hydrogen-bond donors (Lipinski definition) is 0. The van der Waals surface area contributed by atoms with Crippen LogP contribution in [0.15, 0.2) is 60.8 Å². The normalized spacial score (nSPS) is 12.4. The third-order valence-corrected chi connectivity index (χ3v) is 15.7. The fraction of sp³-hybridized carbons (Fsp3) is 0.824. The number of hydrogen-bond acceptors (Lipinski definition) is 6. The van der Waals surface area contributed by atoms with Gasteiger partial charge >= 0.3 is 17.9 Å². The van der Waals surface area contributed by atoms with Gasteiger partial charge in [-0.25, -0.2) is 0 Å². The highest BCUT2D eigenvalue weighted by atomic mass is 16.6. The predicted octanol–water partition coefficient (Wildman–Crippen LogP) is 24.3. The lowest BCUT2D eigenvalue weighted by atomic mass is 10.0. The molecule has 0 N–H and O–H groups in total. The molecule has 0 saturated heterocycles. The molecule has 0 bridgehead atoms. The van der Waals surface area contributed by atoms with E-state index in [0.717, 1.165) is 83.5 Å². The van der Waals surface area contributed by atoms with Gasteiger partial charge in [0.15, 0.2) is 6.10 Å². The van der Waals surface area contributed by atoms with Gasteiger partial charge in [0.2, 0.25) is 0 Å². The van der Waals surface area contributed by atoms with E-state index in [-0.39, 0.29) is 31.1 Å². The van der Waals surface area contributed by atoms with Gasteiger partial charge in [0.05, 0.1) is 0 Å². The number of allylic oxidation sites excluding steroid dienone is 10. The molecule has 0 spiro atoms. The summed E-state index contributed by atoms with van der Waals surface area (Å²) in [7, 11) is 0. The molecule has 0 aliphatic rings. The molecule has 0 amide bonds. The second kappa shape index (κ2) is 68.6. The topological polar surface area (TPSA) is 78.9 Å². The number of rotatable bonds is 65. The second-order valence-electron chi connectivity index (χ2n) is 23.8. The fourth-order valence-electron chi connectivity index (χ4n) is 10.4. The van der Waals surface area contributed by atoms with Crippen molar-refractivity contribution in [2.45, 2.75) is 380 Å². The zero-order valence-electron chi connectivity index (χ0n) is 53.6. The third kappa shape index (κ3) is 65.9. The van der Waals surface area contributed by atoms with E-state index in [2.05, 4.69) is 81.5 Å². The predicted molar refractivity (Wildman–Crippen MR) is 348 cm³/mol. The zero-order valence-corrected chi connectivity index (χ0v) is 53.6. The molecule has 80 heavy (non-hydrogen) atoms. The van der Waals surface area contributed by atoms with E-state index in [1.54, 1.807) is 0 Å². The van der Waals surface area contributed by atoms with Gasteiger partial charge < -0.3 is 14.2 Å². The molecule has 0 rings (SSSR count). The number of ether oxygens (including phenoxy) is 3. The molecule has 0 heterocycles. The average molecular weight is 1120 g/mol. The van der Waals surface area contributed by atoms with Crippen molar-refractivity contribution in [1.82, 2.24) is 0 Å². The van der Waals surface area contributed by atoms with Gasteiger partial charge in [-0.15, -0.1) is 0 Å². The lowest BCUT2D eigenvalue weighted by molar-refractivity contribution is -0.167. The third-order valence-electron chi connectivity index (χ3n) is 15.7. The van der Waals surface area contributed by atoms with Crippen LogP contribution in [-0.4, -0.2) is 37.2 Å². The summed E-state index contributed by atoms with van der Waals surface area (Å²) >= 11 is 0. The Bertz CT molecular complexity index is 1430. The van der Waals surface area contributed by atoms with E-state index >= 15 is 0 Å². The van der Waals surface area contributed by atoms with E-state index in [1.165, 1.54) is 250 Å². The molecule has 0 aliphatic carbocycles. The van der Waals surface area contributed by atoms with Crippen LogP contribution < -0.4 is 0 Å². The van der Waals surface area contributed by atoms with Gasteiger partial charge in [-0.3, -0.25) is 14.4 Å². The first kappa shape index (κ1) is 77.1. The van der Waals surface area contributed by atoms with Gasteiger partial charge in [-0.05, 0) is 89.9 Å². The Morgan fingerprint density at radius 3 is 0.700 bits per heavy atom. The van der Waals surface area contributed by atoms with Crippen LogP contribution in [0.1, 0.15) is 374 Å². The highest BCUT2D eigenvalue weighted by Crippen LogP contribution is 2.18. The quantitative estimate of drug-likeness (QED) is 0.0261. The number of carbonyl (C=O) groups excluding carboxylic acids is 3. The smallest absolute Gasteiger partial charge is 0.306 e. The molecule has 6 heteroatoms.